The molecule has 67 heavy (non-hydrogen) atoms. The Labute approximate surface area is 418 Å². The first-order chi connectivity index (χ1) is 33.0. The minimum atomic E-state index is -0.953. The van der Waals surface area contributed by atoms with Crippen molar-refractivity contribution in [2.24, 2.45) is 0 Å². The highest BCUT2D eigenvalue weighted by Gasteiger charge is 2.20. The van der Waals surface area contributed by atoms with Gasteiger partial charge in [0.15, 0.2) is 0 Å². The summed E-state index contributed by atoms with van der Waals surface area (Å²) in [5.74, 6) is -0.322. The quantitative estimate of drug-likeness (QED) is 0.0361. The molecule has 0 bridgehead atoms. The Morgan fingerprint density at radius 3 is 1.04 bits per heavy atom. The standard InChI is InChI=1S/C62H117NO4/c1-3-5-7-9-11-13-15-17-19-21-23-24-25-26-27-28-29-30-31-32-33-34-35-36-38-39-41-43-45-47-49-51-53-55-59(65)57-62(67)63-60(58-64)61(66)56-54-52-50-48-46-44-42-40-37-22-20-18-16-14-12-10-8-6-4-2/h25-26,28-29,46,48,54,56,59-61,64-66H,3-24,27,30-45,47,49-53,55,57-58H2,1-2H3,(H,63,67)/b26-25-,29-28-,48-46+,56-54+. The van der Waals surface area contributed by atoms with Crippen LogP contribution in [-0.4, -0.2) is 46.1 Å². The van der Waals surface area contributed by atoms with E-state index in [1.165, 1.54) is 250 Å². The molecule has 0 aromatic rings. The van der Waals surface area contributed by atoms with E-state index in [4.69, 9.17) is 0 Å². The van der Waals surface area contributed by atoms with Crippen LogP contribution >= 0.6 is 0 Å². The summed E-state index contributed by atoms with van der Waals surface area (Å²) in [4.78, 5) is 12.5. The largest absolute Gasteiger partial charge is 0.394 e. The van der Waals surface area contributed by atoms with E-state index in [2.05, 4.69) is 55.6 Å². The summed E-state index contributed by atoms with van der Waals surface area (Å²) < 4.78 is 0. The second-order valence-electron chi connectivity index (χ2n) is 20.6. The highest BCUT2D eigenvalue weighted by Crippen LogP contribution is 2.17. The summed E-state index contributed by atoms with van der Waals surface area (Å²) in [6.45, 7) is 4.23. The Balaban J connectivity index is 3.56. The van der Waals surface area contributed by atoms with Crippen LogP contribution in [0.3, 0.4) is 0 Å². The van der Waals surface area contributed by atoms with Crippen LogP contribution in [0.1, 0.15) is 316 Å². The third-order valence-electron chi connectivity index (χ3n) is 13.8. The van der Waals surface area contributed by atoms with Gasteiger partial charge in [0.1, 0.15) is 0 Å². The van der Waals surface area contributed by atoms with Gasteiger partial charge in [-0.05, 0) is 64.2 Å². The maximum Gasteiger partial charge on any atom is 0.222 e. The predicted octanol–water partition coefficient (Wildman–Crippen LogP) is 18.8. The lowest BCUT2D eigenvalue weighted by atomic mass is 10.0. The third kappa shape index (κ3) is 53.5. The molecule has 0 aliphatic rings. The van der Waals surface area contributed by atoms with Gasteiger partial charge in [-0.3, -0.25) is 4.79 Å². The number of nitrogens with one attached hydrogen (secondary N) is 1. The Hall–Kier alpha value is -1.69. The molecule has 0 aliphatic carbocycles. The fourth-order valence-electron chi connectivity index (χ4n) is 9.27. The van der Waals surface area contributed by atoms with E-state index in [1.54, 1.807) is 6.08 Å². The van der Waals surface area contributed by atoms with Crippen LogP contribution in [0, 0.1) is 0 Å². The van der Waals surface area contributed by atoms with Crippen molar-refractivity contribution in [3.05, 3.63) is 48.6 Å². The van der Waals surface area contributed by atoms with Crippen LogP contribution in [0.25, 0.3) is 0 Å². The van der Waals surface area contributed by atoms with Crippen molar-refractivity contribution in [3.8, 4) is 0 Å². The molecule has 5 nitrogen and oxygen atoms in total. The van der Waals surface area contributed by atoms with Gasteiger partial charge in [-0.15, -0.1) is 0 Å². The van der Waals surface area contributed by atoms with Crippen molar-refractivity contribution in [3.63, 3.8) is 0 Å². The number of carbonyl (C=O) groups excluding carboxylic acids is 1. The van der Waals surface area contributed by atoms with Crippen molar-refractivity contribution in [2.45, 2.75) is 334 Å². The van der Waals surface area contributed by atoms with Gasteiger partial charge in [0.25, 0.3) is 0 Å². The first-order valence-corrected chi connectivity index (χ1v) is 29.9. The number of carbonyl (C=O) groups is 1. The van der Waals surface area contributed by atoms with Crippen LogP contribution in [-0.2, 0) is 4.79 Å². The molecule has 0 saturated heterocycles. The number of hydrogen-bond acceptors (Lipinski definition) is 4. The molecule has 0 aromatic carbocycles. The van der Waals surface area contributed by atoms with Crippen molar-refractivity contribution < 1.29 is 20.1 Å². The van der Waals surface area contributed by atoms with Gasteiger partial charge in [0.2, 0.25) is 5.91 Å². The van der Waals surface area contributed by atoms with Gasteiger partial charge in [-0.1, -0.05) is 294 Å². The van der Waals surface area contributed by atoms with Crippen LogP contribution in [0.2, 0.25) is 0 Å². The number of rotatable bonds is 55. The van der Waals surface area contributed by atoms with E-state index in [0.29, 0.717) is 6.42 Å². The van der Waals surface area contributed by atoms with E-state index in [0.717, 1.165) is 38.5 Å². The molecule has 3 atom stereocenters. The zero-order valence-electron chi connectivity index (χ0n) is 45.0. The van der Waals surface area contributed by atoms with Gasteiger partial charge in [-0.25, -0.2) is 0 Å². The molecular weight excluding hydrogens is 823 g/mol. The summed E-state index contributed by atoms with van der Waals surface area (Å²) in [5.41, 5.74) is 0. The highest BCUT2D eigenvalue weighted by atomic mass is 16.3. The smallest absolute Gasteiger partial charge is 0.222 e. The highest BCUT2D eigenvalue weighted by molar-refractivity contribution is 5.76. The predicted molar refractivity (Wildman–Crippen MR) is 296 cm³/mol. The molecule has 5 heteroatoms. The van der Waals surface area contributed by atoms with E-state index in [1.807, 2.05) is 6.08 Å². The van der Waals surface area contributed by atoms with Crippen molar-refractivity contribution >= 4 is 5.91 Å². The Bertz CT molecular complexity index is 1080. The number of unbranched alkanes of at least 4 members (excludes halogenated alkanes) is 40. The molecule has 0 spiro atoms. The normalized spacial score (nSPS) is 13.6. The molecule has 0 saturated carbocycles. The molecule has 0 aliphatic heterocycles. The van der Waals surface area contributed by atoms with Gasteiger partial charge < -0.3 is 20.6 Å². The topological polar surface area (TPSA) is 89.8 Å². The summed E-state index contributed by atoms with van der Waals surface area (Å²) in [6.07, 6.45) is 76.0. The van der Waals surface area contributed by atoms with Gasteiger partial charge in [0.05, 0.1) is 31.3 Å². The second kappa shape index (κ2) is 56.9. The minimum Gasteiger partial charge on any atom is -0.394 e. The molecule has 0 radical (unpaired) electrons. The molecule has 0 aromatic heterocycles. The number of hydrogen-bond donors (Lipinski definition) is 4. The zero-order chi connectivity index (χ0) is 48.6. The molecule has 0 fully saturated rings. The van der Waals surface area contributed by atoms with E-state index in [9.17, 15) is 20.1 Å². The molecule has 0 heterocycles. The van der Waals surface area contributed by atoms with Crippen molar-refractivity contribution in [1.82, 2.24) is 5.32 Å². The van der Waals surface area contributed by atoms with E-state index >= 15 is 0 Å². The van der Waals surface area contributed by atoms with Crippen LogP contribution in [0.5, 0.6) is 0 Å². The minimum absolute atomic E-state index is 0.00633. The molecule has 3 unspecified atom stereocenters. The van der Waals surface area contributed by atoms with Gasteiger partial charge >= 0.3 is 0 Å². The lowest BCUT2D eigenvalue weighted by Gasteiger charge is -2.21. The van der Waals surface area contributed by atoms with Crippen LogP contribution in [0.15, 0.2) is 48.6 Å². The third-order valence-corrected chi connectivity index (χ3v) is 13.8. The van der Waals surface area contributed by atoms with Crippen LogP contribution < -0.4 is 5.32 Å². The van der Waals surface area contributed by atoms with Gasteiger partial charge in [0, 0.05) is 0 Å². The molecule has 1 amide bonds. The SMILES string of the molecule is CCCCCCCCCCCCC/C=C\C/C=C\CCCCCCCCCCCCCCCCCC(O)CC(=O)NC(CO)C(O)/C=C/CC/C=C/CCCCCCCCCCCCCCC. The summed E-state index contributed by atoms with van der Waals surface area (Å²) >= 11 is 0. The fraction of sp³-hybridized carbons (Fsp3) is 0.855. The maximum absolute atomic E-state index is 12.5. The number of aliphatic hydroxyl groups is 3. The Morgan fingerprint density at radius 1 is 0.388 bits per heavy atom. The number of allylic oxidation sites excluding steroid dienone is 7. The lowest BCUT2D eigenvalue weighted by molar-refractivity contribution is -0.124. The van der Waals surface area contributed by atoms with Crippen molar-refractivity contribution in [1.29, 1.82) is 0 Å². The Kier molecular flexibility index (Phi) is 55.5. The monoisotopic (exact) mass is 940 g/mol. The zero-order valence-corrected chi connectivity index (χ0v) is 45.0. The first-order valence-electron chi connectivity index (χ1n) is 29.9. The molecule has 4 N–H and O–H groups in total. The van der Waals surface area contributed by atoms with E-state index < -0.39 is 18.2 Å². The fourth-order valence-corrected chi connectivity index (χ4v) is 9.27. The molecule has 0 rings (SSSR count). The van der Waals surface area contributed by atoms with Crippen molar-refractivity contribution in [2.75, 3.05) is 6.61 Å². The first kappa shape index (κ1) is 65.3. The lowest BCUT2D eigenvalue weighted by Crippen LogP contribution is -2.45. The summed E-state index contributed by atoms with van der Waals surface area (Å²) in [7, 11) is 0. The van der Waals surface area contributed by atoms with E-state index in [-0.39, 0.29) is 18.9 Å². The average Bonchev–Trinajstić information content (AvgIpc) is 3.32. The Morgan fingerprint density at radius 2 is 0.687 bits per heavy atom. The number of aliphatic hydroxyl groups excluding tert-OH is 3. The molecule has 394 valence electrons. The summed E-state index contributed by atoms with van der Waals surface area (Å²) in [6, 6.07) is -0.762. The number of amides is 1. The van der Waals surface area contributed by atoms with Crippen LogP contribution in [0.4, 0.5) is 0 Å². The van der Waals surface area contributed by atoms with Gasteiger partial charge in [-0.2, -0.15) is 0 Å². The average molecular weight is 941 g/mol. The molecular formula is C62H117NO4. The maximum atomic E-state index is 12.5. The second-order valence-corrected chi connectivity index (χ2v) is 20.6. The summed E-state index contributed by atoms with van der Waals surface area (Å²) in [5, 5.41) is 33.4.